The maximum Gasteiger partial charge on any atom is 0.419 e. The first-order valence-corrected chi connectivity index (χ1v) is 7.17. The van der Waals surface area contributed by atoms with E-state index in [4.69, 9.17) is 4.42 Å². The van der Waals surface area contributed by atoms with Crippen LogP contribution in [-0.4, -0.2) is 11.1 Å². The van der Waals surface area contributed by atoms with Gasteiger partial charge in [0.2, 0.25) is 0 Å². The van der Waals surface area contributed by atoms with Gasteiger partial charge >= 0.3 is 5.76 Å². The van der Waals surface area contributed by atoms with Gasteiger partial charge in [0.15, 0.2) is 5.58 Å². The lowest BCUT2D eigenvalue weighted by atomic mass is 9.82. The summed E-state index contributed by atoms with van der Waals surface area (Å²) in [5, 5.41) is 3.59. The maximum atomic E-state index is 11.6. The number of aromatic nitrogens is 1. The van der Waals surface area contributed by atoms with Crippen LogP contribution in [0.1, 0.15) is 45.7 Å². The first kappa shape index (κ1) is 14.9. The van der Waals surface area contributed by atoms with E-state index in [1.165, 1.54) is 4.57 Å². The monoisotopic (exact) mass is 276 g/mol. The van der Waals surface area contributed by atoms with Crippen molar-refractivity contribution in [3.63, 3.8) is 0 Å². The zero-order valence-electron chi connectivity index (χ0n) is 13.0. The van der Waals surface area contributed by atoms with E-state index in [0.29, 0.717) is 5.58 Å². The molecule has 1 atom stereocenters. The molecule has 1 unspecified atom stereocenters. The van der Waals surface area contributed by atoms with E-state index in [0.717, 1.165) is 24.0 Å². The van der Waals surface area contributed by atoms with Gasteiger partial charge in [-0.3, -0.25) is 4.57 Å². The fraction of sp³-hybridized carbons (Fsp3) is 0.562. The minimum absolute atomic E-state index is 0.0952. The SMILES string of the molecule is CCCNC(c1ccc2c(c1)oc(=O)n2C)C(C)(C)C. The molecule has 1 heterocycles. The Labute approximate surface area is 119 Å². The highest BCUT2D eigenvalue weighted by Crippen LogP contribution is 2.33. The van der Waals surface area contributed by atoms with Crippen LogP contribution in [0.3, 0.4) is 0 Å². The highest BCUT2D eigenvalue weighted by molar-refractivity contribution is 5.73. The number of hydrogen-bond donors (Lipinski definition) is 1. The molecule has 2 aromatic rings. The second kappa shape index (κ2) is 5.44. The standard InChI is InChI=1S/C16H24N2O2/c1-6-9-17-14(16(2,3)4)11-7-8-12-13(10-11)20-15(19)18(12)5/h7-8,10,14,17H,6,9H2,1-5H3. The summed E-state index contributed by atoms with van der Waals surface area (Å²) in [6.07, 6.45) is 1.09. The van der Waals surface area contributed by atoms with Gasteiger partial charge in [-0.1, -0.05) is 33.8 Å². The molecule has 0 spiro atoms. The molecule has 0 radical (unpaired) electrons. The van der Waals surface area contributed by atoms with E-state index in [1.807, 2.05) is 12.1 Å². The number of nitrogens with one attached hydrogen (secondary N) is 1. The molecule has 1 N–H and O–H groups in total. The second-order valence-corrected chi connectivity index (χ2v) is 6.41. The van der Waals surface area contributed by atoms with E-state index >= 15 is 0 Å². The Balaban J connectivity index is 2.45. The summed E-state index contributed by atoms with van der Waals surface area (Å²) in [4.78, 5) is 11.6. The van der Waals surface area contributed by atoms with Crippen LogP contribution in [0.5, 0.6) is 0 Å². The van der Waals surface area contributed by atoms with Crippen molar-refractivity contribution in [2.24, 2.45) is 12.5 Å². The van der Waals surface area contributed by atoms with E-state index in [-0.39, 0.29) is 17.2 Å². The van der Waals surface area contributed by atoms with Crippen molar-refractivity contribution in [1.82, 2.24) is 9.88 Å². The molecule has 0 aliphatic rings. The average Bonchev–Trinajstić information content (AvgIpc) is 2.64. The van der Waals surface area contributed by atoms with Crippen molar-refractivity contribution in [3.05, 3.63) is 34.3 Å². The van der Waals surface area contributed by atoms with Crippen molar-refractivity contribution >= 4 is 11.1 Å². The number of oxazole rings is 1. The molecule has 0 aliphatic carbocycles. The molecule has 0 saturated heterocycles. The molecular weight excluding hydrogens is 252 g/mol. The van der Waals surface area contributed by atoms with Crippen LogP contribution in [0.25, 0.3) is 11.1 Å². The van der Waals surface area contributed by atoms with Crippen molar-refractivity contribution in [3.8, 4) is 0 Å². The topological polar surface area (TPSA) is 47.2 Å². The van der Waals surface area contributed by atoms with Crippen LogP contribution in [0, 0.1) is 5.41 Å². The van der Waals surface area contributed by atoms with Crippen LogP contribution in [-0.2, 0) is 7.05 Å². The van der Waals surface area contributed by atoms with Gasteiger partial charge in [-0.25, -0.2) is 4.79 Å². The molecule has 0 bridgehead atoms. The fourth-order valence-electron chi connectivity index (χ4n) is 2.54. The lowest BCUT2D eigenvalue weighted by molar-refractivity contribution is 0.273. The summed E-state index contributed by atoms with van der Waals surface area (Å²) >= 11 is 0. The van der Waals surface area contributed by atoms with Crippen LogP contribution < -0.4 is 11.1 Å². The molecule has 0 amide bonds. The molecule has 0 fully saturated rings. The molecule has 110 valence electrons. The Morgan fingerprint density at radius 2 is 2.05 bits per heavy atom. The van der Waals surface area contributed by atoms with Gasteiger partial charge in [0.05, 0.1) is 5.52 Å². The van der Waals surface area contributed by atoms with Crippen molar-refractivity contribution in [2.45, 2.75) is 40.2 Å². The van der Waals surface area contributed by atoms with E-state index in [9.17, 15) is 4.79 Å². The molecule has 1 aromatic carbocycles. The third kappa shape index (κ3) is 2.80. The molecule has 1 aromatic heterocycles. The minimum Gasteiger partial charge on any atom is -0.408 e. The van der Waals surface area contributed by atoms with Crippen molar-refractivity contribution in [2.75, 3.05) is 6.54 Å². The predicted octanol–water partition coefficient (Wildman–Crippen LogP) is 3.22. The van der Waals surface area contributed by atoms with Gasteiger partial charge in [-0.15, -0.1) is 0 Å². The Morgan fingerprint density at radius 3 is 2.65 bits per heavy atom. The molecule has 4 nitrogen and oxygen atoms in total. The first-order valence-electron chi connectivity index (χ1n) is 7.17. The number of aryl methyl sites for hydroxylation is 1. The Kier molecular flexibility index (Phi) is 4.04. The zero-order chi connectivity index (χ0) is 14.9. The number of hydrogen-bond acceptors (Lipinski definition) is 3. The molecule has 0 aliphatic heterocycles. The van der Waals surface area contributed by atoms with Crippen molar-refractivity contribution < 1.29 is 4.42 Å². The summed E-state index contributed by atoms with van der Waals surface area (Å²) in [6, 6.07) is 6.25. The number of nitrogens with zero attached hydrogens (tertiary/aromatic N) is 1. The van der Waals surface area contributed by atoms with Gasteiger partial charge in [0.1, 0.15) is 0 Å². The predicted molar refractivity (Wildman–Crippen MR) is 81.9 cm³/mol. The van der Waals surface area contributed by atoms with Crippen LogP contribution in [0.4, 0.5) is 0 Å². The normalized spacial score (nSPS) is 13.8. The summed E-state index contributed by atoms with van der Waals surface area (Å²) in [6.45, 7) is 9.77. The quantitative estimate of drug-likeness (QED) is 0.932. The highest BCUT2D eigenvalue weighted by atomic mass is 16.4. The molecule has 20 heavy (non-hydrogen) atoms. The summed E-state index contributed by atoms with van der Waals surface area (Å²) in [5.41, 5.74) is 2.75. The molecule has 2 rings (SSSR count). The fourth-order valence-corrected chi connectivity index (χ4v) is 2.54. The lowest BCUT2D eigenvalue weighted by Gasteiger charge is -2.32. The largest absolute Gasteiger partial charge is 0.419 e. The third-order valence-electron chi connectivity index (χ3n) is 3.61. The average molecular weight is 276 g/mol. The zero-order valence-corrected chi connectivity index (χ0v) is 13.0. The van der Waals surface area contributed by atoms with Crippen LogP contribution >= 0.6 is 0 Å². The third-order valence-corrected chi connectivity index (χ3v) is 3.61. The van der Waals surface area contributed by atoms with Crippen LogP contribution in [0.2, 0.25) is 0 Å². The highest BCUT2D eigenvalue weighted by Gasteiger charge is 2.26. The van der Waals surface area contributed by atoms with Gasteiger partial charge in [0.25, 0.3) is 0 Å². The Hall–Kier alpha value is -1.55. The maximum absolute atomic E-state index is 11.6. The summed E-state index contributed by atoms with van der Waals surface area (Å²) < 4.78 is 6.82. The smallest absolute Gasteiger partial charge is 0.408 e. The van der Waals surface area contributed by atoms with Gasteiger partial charge in [0, 0.05) is 13.1 Å². The molecular formula is C16H24N2O2. The van der Waals surface area contributed by atoms with Gasteiger partial charge in [-0.2, -0.15) is 0 Å². The number of rotatable bonds is 4. The second-order valence-electron chi connectivity index (χ2n) is 6.41. The number of fused-ring (bicyclic) bond motifs is 1. The minimum atomic E-state index is -0.314. The lowest BCUT2D eigenvalue weighted by Crippen LogP contribution is -2.32. The van der Waals surface area contributed by atoms with Gasteiger partial charge in [-0.05, 0) is 36.1 Å². The van der Waals surface area contributed by atoms with E-state index < -0.39 is 0 Å². The van der Waals surface area contributed by atoms with Gasteiger partial charge < -0.3 is 9.73 Å². The molecule has 0 saturated carbocycles. The van der Waals surface area contributed by atoms with Crippen LogP contribution in [0.15, 0.2) is 27.4 Å². The first-order chi connectivity index (χ1) is 9.34. The van der Waals surface area contributed by atoms with E-state index in [1.54, 1.807) is 7.05 Å². The summed E-state index contributed by atoms with van der Waals surface area (Å²) in [7, 11) is 1.73. The summed E-state index contributed by atoms with van der Waals surface area (Å²) in [5.74, 6) is -0.314. The molecule has 4 heteroatoms. The Bertz CT molecular complexity index is 647. The number of benzene rings is 1. The Morgan fingerprint density at radius 1 is 1.35 bits per heavy atom. The van der Waals surface area contributed by atoms with Crippen molar-refractivity contribution in [1.29, 1.82) is 0 Å². The van der Waals surface area contributed by atoms with E-state index in [2.05, 4.69) is 39.1 Å².